The zero-order valence-corrected chi connectivity index (χ0v) is 14.4. The second-order valence-electron chi connectivity index (χ2n) is 6.07. The third kappa shape index (κ3) is 3.82. The largest absolute Gasteiger partial charge is 0.478 e. The number of carbonyl (C=O) groups excluding carboxylic acids is 2. The van der Waals surface area contributed by atoms with Gasteiger partial charge in [-0.1, -0.05) is 24.3 Å². The first-order valence-corrected chi connectivity index (χ1v) is 8.50. The van der Waals surface area contributed by atoms with E-state index in [1.807, 2.05) is 36.5 Å². The number of aromatic nitrogens is 2. The van der Waals surface area contributed by atoms with E-state index in [9.17, 15) is 9.59 Å². The van der Waals surface area contributed by atoms with Gasteiger partial charge in [0.15, 0.2) is 6.10 Å². The number of hydrogen-bond acceptors (Lipinski definition) is 5. The van der Waals surface area contributed by atoms with Crippen molar-refractivity contribution in [2.24, 2.45) is 0 Å². The molecule has 3 aromatic rings. The molecule has 0 saturated carbocycles. The van der Waals surface area contributed by atoms with Crippen LogP contribution in [0.2, 0.25) is 0 Å². The van der Waals surface area contributed by atoms with Crippen molar-refractivity contribution in [3.63, 3.8) is 0 Å². The van der Waals surface area contributed by atoms with Crippen LogP contribution in [0.3, 0.4) is 0 Å². The van der Waals surface area contributed by atoms with Crippen LogP contribution in [0.25, 0.3) is 5.69 Å². The van der Waals surface area contributed by atoms with Gasteiger partial charge in [0.2, 0.25) is 0 Å². The molecule has 1 N–H and O–H groups in total. The SMILES string of the molecule is O=C(C[C@@H]1Oc2ccccc2NC1=O)OCc1ccc(-n2cccn2)cc1. The molecule has 0 radical (unpaired) electrons. The van der Waals surface area contributed by atoms with Crippen LogP contribution in [0.1, 0.15) is 12.0 Å². The topological polar surface area (TPSA) is 82.5 Å². The van der Waals surface area contributed by atoms with Crippen molar-refractivity contribution in [2.45, 2.75) is 19.1 Å². The molecule has 1 aliphatic rings. The van der Waals surface area contributed by atoms with Gasteiger partial charge >= 0.3 is 5.97 Å². The maximum atomic E-state index is 12.1. The maximum Gasteiger partial charge on any atom is 0.310 e. The number of para-hydroxylation sites is 2. The summed E-state index contributed by atoms with van der Waals surface area (Å²) in [5, 5.41) is 6.89. The quantitative estimate of drug-likeness (QED) is 0.705. The standard InChI is InChI=1S/C20H17N3O4/c24-19(12-18-20(25)22-16-4-1-2-5-17(16)27-18)26-13-14-6-8-15(9-7-14)23-11-3-10-21-23/h1-11,18H,12-13H2,(H,22,25)/t18-/m0/s1. The highest BCUT2D eigenvalue weighted by molar-refractivity contribution is 5.99. The average molecular weight is 363 g/mol. The van der Waals surface area contributed by atoms with E-state index in [1.54, 1.807) is 35.1 Å². The Hall–Kier alpha value is -3.61. The minimum absolute atomic E-state index is 0.128. The number of nitrogens with zero attached hydrogens (tertiary/aromatic N) is 2. The minimum Gasteiger partial charge on any atom is -0.478 e. The van der Waals surface area contributed by atoms with Crippen molar-refractivity contribution in [2.75, 3.05) is 5.32 Å². The van der Waals surface area contributed by atoms with Crippen molar-refractivity contribution in [1.29, 1.82) is 0 Å². The van der Waals surface area contributed by atoms with Gasteiger partial charge in [0.05, 0.1) is 17.8 Å². The lowest BCUT2D eigenvalue weighted by Crippen LogP contribution is -2.38. The van der Waals surface area contributed by atoms with Crippen molar-refractivity contribution in [3.8, 4) is 11.4 Å². The van der Waals surface area contributed by atoms with Gasteiger partial charge in [-0.25, -0.2) is 4.68 Å². The normalized spacial score (nSPS) is 15.4. The summed E-state index contributed by atoms with van der Waals surface area (Å²) in [6, 6.07) is 16.5. The van der Waals surface area contributed by atoms with Gasteiger partial charge in [0.25, 0.3) is 5.91 Å². The molecule has 0 spiro atoms. The molecule has 7 nitrogen and oxygen atoms in total. The summed E-state index contributed by atoms with van der Waals surface area (Å²) in [5.74, 6) is -0.302. The van der Waals surface area contributed by atoms with Gasteiger partial charge < -0.3 is 14.8 Å². The van der Waals surface area contributed by atoms with E-state index in [0.717, 1.165) is 11.3 Å². The first-order chi connectivity index (χ1) is 13.2. The third-order valence-corrected chi connectivity index (χ3v) is 4.16. The first kappa shape index (κ1) is 16.8. The number of nitrogens with one attached hydrogen (secondary N) is 1. The number of fused-ring (bicyclic) bond motifs is 1. The van der Waals surface area contributed by atoms with E-state index < -0.39 is 12.1 Å². The number of carbonyl (C=O) groups is 2. The molecule has 4 rings (SSSR count). The highest BCUT2D eigenvalue weighted by Gasteiger charge is 2.30. The molecule has 27 heavy (non-hydrogen) atoms. The summed E-state index contributed by atoms with van der Waals surface area (Å²) in [4.78, 5) is 24.2. The van der Waals surface area contributed by atoms with Gasteiger partial charge in [-0.2, -0.15) is 5.10 Å². The summed E-state index contributed by atoms with van der Waals surface area (Å²) < 4.78 is 12.6. The number of benzene rings is 2. The second-order valence-corrected chi connectivity index (χ2v) is 6.07. The molecule has 1 atom stereocenters. The lowest BCUT2D eigenvalue weighted by atomic mass is 10.1. The van der Waals surface area contributed by atoms with Gasteiger partial charge in [0, 0.05) is 12.4 Å². The molecular formula is C20H17N3O4. The van der Waals surface area contributed by atoms with Gasteiger partial charge in [-0.3, -0.25) is 9.59 Å². The fraction of sp³-hybridized carbons (Fsp3) is 0.150. The van der Waals surface area contributed by atoms with Crippen molar-refractivity contribution in [1.82, 2.24) is 9.78 Å². The van der Waals surface area contributed by atoms with Crippen molar-refractivity contribution in [3.05, 3.63) is 72.6 Å². The zero-order valence-electron chi connectivity index (χ0n) is 14.4. The molecule has 1 aliphatic heterocycles. The smallest absolute Gasteiger partial charge is 0.310 e. The number of amides is 1. The zero-order chi connectivity index (χ0) is 18.6. The van der Waals surface area contributed by atoms with Crippen LogP contribution < -0.4 is 10.1 Å². The molecule has 0 aliphatic carbocycles. The predicted octanol–water partition coefficient (Wildman–Crippen LogP) is 2.71. The Morgan fingerprint density at radius 3 is 2.74 bits per heavy atom. The van der Waals surface area contributed by atoms with Gasteiger partial charge in [-0.15, -0.1) is 0 Å². The third-order valence-electron chi connectivity index (χ3n) is 4.16. The molecule has 1 aromatic heterocycles. The summed E-state index contributed by atoms with van der Waals surface area (Å²) >= 11 is 0. The number of ether oxygens (including phenoxy) is 2. The second kappa shape index (κ2) is 7.33. The molecular weight excluding hydrogens is 346 g/mol. The van der Waals surface area contributed by atoms with Crippen LogP contribution in [0.5, 0.6) is 5.75 Å². The maximum absolute atomic E-state index is 12.1. The molecule has 7 heteroatoms. The van der Waals surface area contributed by atoms with E-state index in [4.69, 9.17) is 9.47 Å². The molecule has 0 fully saturated rings. The molecule has 1 amide bonds. The molecule has 136 valence electrons. The van der Waals surface area contributed by atoms with E-state index in [1.165, 1.54) is 0 Å². The fourth-order valence-electron chi connectivity index (χ4n) is 2.77. The molecule has 0 unspecified atom stereocenters. The Morgan fingerprint density at radius 2 is 1.96 bits per heavy atom. The number of hydrogen-bond donors (Lipinski definition) is 1. The van der Waals surface area contributed by atoms with E-state index in [2.05, 4.69) is 10.4 Å². The molecule has 0 saturated heterocycles. The van der Waals surface area contributed by atoms with E-state index in [-0.39, 0.29) is 18.9 Å². The summed E-state index contributed by atoms with van der Waals surface area (Å²) in [6.07, 6.45) is 2.51. The Labute approximate surface area is 155 Å². The number of esters is 1. The Bertz CT molecular complexity index is 952. The molecule has 0 bridgehead atoms. The predicted molar refractivity (Wildman–Crippen MR) is 97.5 cm³/mol. The molecule has 2 heterocycles. The first-order valence-electron chi connectivity index (χ1n) is 8.50. The minimum atomic E-state index is -0.894. The highest BCUT2D eigenvalue weighted by Crippen LogP contribution is 2.29. The monoisotopic (exact) mass is 363 g/mol. The number of rotatable bonds is 5. The van der Waals surface area contributed by atoms with Gasteiger partial charge in [-0.05, 0) is 35.9 Å². The lowest BCUT2D eigenvalue weighted by Gasteiger charge is -2.25. The average Bonchev–Trinajstić information content (AvgIpc) is 3.22. The lowest BCUT2D eigenvalue weighted by molar-refractivity contribution is -0.149. The van der Waals surface area contributed by atoms with Gasteiger partial charge in [0.1, 0.15) is 12.4 Å². The van der Waals surface area contributed by atoms with Crippen LogP contribution in [-0.4, -0.2) is 27.8 Å². The summed E-state index contributed by atoms with van der Waals surface area (Å²) in [6.45, 7) is 0.128. The van der Waals surface area contributed by atoms with E-state index >= 15 is 0 Å². The van der Waals surface area contributed by atoms with Crippen molar-refractivity contribution < 1.29 is 19.1 Å². The summed E-state index contributed by atoms with van der Waals surface area (Å²) in [5.41, 5.74) is 2.36. The van der Waals surface area contributed by atoms with Crippen LogP contribution >= 0.6 is 0 Å². The van der Waals surface area contributed by atoms with Crippen LogP contribution in [0, 0.1) is 0 Å². The van der Waals surface area contributed by atoms with Crippen LogP contribution in [0.15, 0.2) is 67.0 Å². The Morgan fingerprint density at radius 1 is 1.15 bits per heavy atom. The molecule has 2 aromatic carbocycles. The Balaban J connectivity index is 1.32. The summed E-state index contributed by atoms with van der Waals surface area (Å²) in [7, 11) is 0. The van der Waals surface area contributed by atoms with E-state index in [0.29, 0.717) is 11.4 Å². The number of anilines is 1. The van der Waals surface area contributed by atoms with Crippen molar-refractivity contribution >= 4 is 17.6 Å². The van der Waals surface area contributed by atoms with Crippen LogP contribution in [0.4, 0.5) is 5.69 Å². The fourth-order valence-corrected chi connectivity index (χ4v) is 2.77. The van der Waals surface area contributed by atoms with Crippen LogP contribution in [-0.2, 0) is 20.9 Å². The highest BCUT2D eigenvalue weighted by atomic mass is 16.5. The Kier molecular flexibility index (Phi) is 4.57.